The third-order valence-electron chi connectivity index (χ3n) is 2.80. The predicted octanol–water partition coefficient (Wildman–Crippen LogP) is 0.929. The lowest BCUT2D eigenvalue weighted by Gasteiger charge is -2.15. The van der Waals surface area contributed by atoms with Crippen LogP contribution >= 0.6 is 0 Å². The second kappa shape index (κ2) is 8.19. The molecule has 112 valence electrons. The Morgan fingerprint density at radius 2 is 2.10 bits per heavy atom. The molecule has 0 saturated heterocycles. The molecule has 0 aromatic carbocycles. The van der Waals surface area contributed by atoms with Crippen LogP contribution in [0.5, 0.6) is 0 Å². The van der Waals surface area contributed by atoms with E-state index in [1.54, 1.807) is 10.9 Å². The average Bonchev–Trinajstić information content (AvgIpc) is 2.86. The molecule has 0 saturated carbocycles. The lowest BCUT2D eigenvalue weighted by Crippen LogP contribution is -2.41. The van der Waals surface area contributed by atoms with Gasteiger partial charge < -0.3 is 15.7 Å². The maximum absolute atomic E-state index is 11.5. The number of hydrogen-bond donors (Lipinski definition) is 3. The number of carboxylic acid groups (broad SMARTS) is 1. The molecule has 0 radical (unpaired) electrons. The van der Waals surface area contributed by atoms with Crippen LogP contribution in [0.25, 0.3) is 0 Å². The molecule has 0 spiro atoms. The van der Waals surface area contributed by atoms with Crippen LogP contribution in [0.15, 0.2) is 18.5 Å². The monoisotopic (exact) mass is 282 g/mol. The molecule has 2 amide bonds. The van der Waals surface area contributed by atoms with Gasteiger partial charge in [0.25, 0.3) is 0 Å². The fraction of sp³-hybridized carbons (Fsp3) is 0.615. The van der Waals surface area contributed by atoms with Crippen molar-refractivity contribution in [3.05, 3.63) is 18.5 Å². The SMILES string of the molecule is CC(C)CC(CNC(=O)NCCn1cccn1)C(=O)O. The Balaban J connectivity index is 2.22. The molecule has 1 heterocycles. The lowest BCUT2D eigenvalue weighted by atomic mass is 9.97. The van der Waals surface area contributed by atoms with Crippen LogP contribution in [0.2, 0.25) is 0 Å². The summed E-state index contributed by atoms with van der Waals surface area (Å²) >= 11 is 0. The average molecular weight is 282 g/mol. The number of nitrogens with one attached hydrogen (secondary N) is 2. The van der Waals surface area contributed by atoms with Crippen LogP contribution in [0, 0.1) is 11.8 Å². The number of aliphatic carboxylic acids is 1. The first-order chi connectivity index (χ1) is 9.49. The second-order valence-corrected chi connectivity index (χ2v) is 5.07. The van der Waals surface area contributed by atoms with E-state index in [-0.39, 0.29) is 18.5 Å². The normalized spacial score (nSPS) is 12.2. The maximum Gasteiger partial charge on any atom is 0.314 e. The first kappa shape index (κ1) is 16.0. The third kappa shape index (κ3) is 6.21. The predicted molar refractivity (Wildman–Crippen MR) is 74.2 cm³/mol. The molecule has 3 N–H and O–H groups in total. The molecule has 20 heavy (non-hydrogen) atoms. The van der Waals surface area contributed by atoms with E-state index in [0.29, 0.717) is 19.5 Å². The van der Waals surface area contributed by atoms with E-state index in [2.05, 4.69) is 15.7 Å². The minimum Gasteiger partial charge on any atom is -0.481 e. The molecule has 7 heteroatoms. The first-order valence-electron chi connectivity index (χ1n) is 6.71. The molecule has 1 unspecified atom stereocenters. The topological polar surface area (TPSA) is 96.3 Å². The zero-order valence-electron chi connectivity index (χ0n) is 11.9. The smallest absolute Gasteiger partial charge is 0.314 e. The minimum atomic E-state index is -0.879. The number of nitrogens with zero attached hydrogens (tertiary/aromatic N) is 2. The number of carbonyl (C=O) groups is 2. The molecular formula is C13H22N4O3. The van der Waals surface area contributed by atoms with E-state index < -0.39 is 11.9 Å². The van der Waals surface area contributed by atoms with Crippen LogP contribution in [0.1, 0.15) is 20.3 Å². The lowest BCUT2D eigenvalue weighted by molar-refractivity contribution is -0.142. The van der Waals surface area contributed by atoms with E-state index in [1.807, 2.05) is 26.1 Å². The fourth-order valence-corrected chi connectivity index (χ4v) is 1.84. The highest BCUT2D eigenvalue weighted by atomic mass is 16.4. The fourth-order valence-electron chi connectivity index (χ4n) is 1.84. The summed E-state index contributed by atoms with van der Waals surface area (Å²) in [5, 5.41) is 18.3. The molecule has 1 aromatic rings. The summed E-state index contributed by atoms with van der Waals surface area (Å²) < 4.78 is 1.71. The van der Waals surface area contributed by atoms with Crippen LogP contribution in [-0.2, 0) is 11.3 Å². The van der Waals surface area contributed by atoms with E-state index in [4.69, 9.17) is 5.11 Å². The number of carboxylic acids is 1. The maximum atomic E-state index is 11.5. The van der Waals surface area contributed by atoms with Crippen molar-refractivity contribution in [1.29, 1.82) is 0 Å². The number of hydrogen-bond acceptors (Lipinski definition) is 3. The van der Waals surface area contributed by atoms with Crippen LogP contribution < -0.4 is 10.6 Å². The first-order valence-corrected chi connectivity index (χ1v) is 6.71. The zero-order valence-corrected chi connectivity index (χ0v) is 11.9. The Morgan fingerprint density at radius 1 is 1.35 bits per heavy atom. The molecule has 7 nitrogen and oxygen atoms in total. The van der Waals surface area contributed by atoms with Crippen molar-refractivity contribution in [2.24, 2.45) is 11.8 Å². The highest BCUT2D eigenvalue weighted by Gasteiger charge is 2.19. The van der Waals surface area contributed by atoms with Gasteiger partial charge in [-0.15, -0.1) is 0 Å². The van der Waals surface area contributed by atoms with Crippen LogP contribution in [0.4, 0.5) is 4.79 Å². The zero-order chi connectivity index (χ0) is 15.0. The van der Waals surface area contributed by atoms with Crippen molar-refractivity contribution in [2.75, 3.05) is 13.1 Å². The Kier molecular flexibility index (Phi) is 6.55. The van der Waals surface area contributed by atoms with Gasteiger partial charge in [0.1, 0.15) is 0 Å². The van der Waals surface area contributed by atoms with Crippen molar-refractivity contribution in [2.45, 2.75) is 26.8 Å². The van der Waals surface area contributed by atoms with Gasteiger partial charge in [-0.05, 0) is 18.4 Å². The standard InChI is InChI=1S/C13H22N4O3/c1-10(2)8-11(12(18)19)9-15-13(20)14-5-7-17-6-3-4-16-17/h3-4,6,10-11H,5,7-9H2,1-2H3,(H,18,19)(H2,14,15,20). The molecule has 0 aliphatic heterocycles. The number of rotatable bonds is 8. The van der Waals surface area contributed by atoms with Crippen LogP contribution in [0.3, 0.4) is 0 Å². The molecule has 1 aromatic heterocycles. The molecular weight excluding hydrogens is 260 g/mol. The largest absolute Gasteiger partial charge is 0.481 e. The molecule has 1 rings (SSSR count). The van der Waals surface area contributed by atoms with Gasteiger partial charge in [-0.2, -0.15) is 5.10 Å². The Morgan fingerprint density at radius 3 is 2.65 bits per heavy atom. The van der Waals surface area contributed by atoms with Gasteiger partial charge in [-0.3, -0.25) is 9.48 Å². The van der Waals surface area contributed by atoms with E-state index >= 15 is 0 Å². The molecule has 1 atom stereocenters. The molecule has 0 aliphatic rings. The summed E-state index contributed by atoms with van der Waals surface area (Å²) in [5.74, 6) is -1.15. The second-order valence-electron chi connectivity index (χ2n) is 5.07. The van der Waals surface area contributed by atoms with Crippen molar-refractivity contribution in [3.8, 4) is 0 Å². The van der Waals surface area contributed by atoms with Crippen molar-refractivity contribution in [1.82, 2.24) is 20.4 Å². The van der Waals surface area contributed by atoms with Gasteiger partial charge in [0.05, 0.1) is 12.5 Å². The molecule has 0 fully saturated rings. The van der Waals surface area contributed by atoms with Crippen molar-refractivity contribution < 1.29 is 14.7 Å². The van der Waals surface area contributed by atoms with E-state index in [0.717, 1.165) is 0 Å². The van der Waals surface area contributed by atoms with Gasteiger partial charge in [0, 0.05) is 25.5 Å². The Labute approximate surface area is 118 Å². The van der Waals surface area contributed by atoms with Gasteiger partial charge in [0.2, 0.25) is 0 Å². The summed E-state index contributed by atoms with van der Waals surface area (Å²) in [5.41, 5.74) is 0. The van der Waals surface area contributed by atoms with E-state index in [9.17, 15) is 9.59 Å². The summed E-state index contributed by atoms with van der Waals surface area (Å²) in [6.07, 6.45) is 4.02. The molecule has 0 bridgehead atoms. The van der Waals surface area contributed by atoms with Crippen LogP contribution in [-0.4, -0.2) is 40.0 Å². The number of urea groups is 1. The number of amides is 2. The highest BCUT2D eigenvalue weighted by Crippen LogP contribution is 2.10. The van der Waals surface area contributed by atoms with Gasteiger partial charge in [-0.1, -0.05) is 13.8 Å². The summed E-state index contributed by atoms with van der Waals surface area (Å²) in [4.78, 5) is 22.6. The van der Waals surface area contributed by atoms with E-state index in [1.165, 1.54) is 0 Å². The van der Waals surface area contributed by atoms with Gasteiger partial charge >= 0.3 is 12.0 Å². The van der Waals surface area contributed by atoms with Gasteiger partial charge in [-0.25, -0.2) is 4.79 Å². The summed E-state index contributed by atoms with van der Waals surface area (Å²) in [7, 11) is 0. The summed E-state index contributed by atoms with van der Waals surface area (Å²) in [6.45, 7) is 5.07. The number of carbonyl (C=O) groups excluding carboxylic acids is 1. The van der Waals surface area contributed by atoms with Crippen molar-refractivity contribution >= 4 is 12.0 Å². The summed E-state index contributed by atoms with van der Waals surface area (Å²) in [6, 6.07) is 1.45. The Bertz CT molecular complexity index is 417. The third-order valence-corrected chi connectivity index (χ3v) is 2.80. The quantitative estimate of drug-likeness (QED) is 0.661. The highest BCUT2D eigenvalue weighted by molar-refractivity contribution is 5.75. The minimum absolute atomic E-state index is 0.140. The number of aromatic nitrogens is 2. The molecule has 0 aliphatic carbocycles. The van der Waals surface area contributed by atoms with Gasteiger partial charge in [0.15, 0.2) is 0 Å². The van der Waals surface area contributed by atoms with Crippen molar-refractivity contribution in [3.63, 3.8) is 0 Å². The Hall–Kier alpha value is -2.05.